The van der Waals surface area contributed by atoms with Crippen molar-refractivity contribution in [2.24, 2.45) is 0 Å². The van der Waals surface area contributed by atoms with Gasteiger partial charge >= 0.3 is 23.9 Å². The van der Waals surface area contributed by atoms with Gasteiger partial charge in [-0.3, -0.25) is 0 Å². The van der Waals surface area contributed by atoms with E-state index in [4.69, 9.17) is 5.11 Å². The summed E-state index contributed by atoms with van der Waals surface area (Å²) >= 11 is 0. The van der Waals surface area contributed by atoms with Gasteiger partial charge in [0.25, 0.3) is 0 Å². The van der Waals surface area contributed by atoms with Crippen molar-refractivity contribution in [2.75, 3.05) is 0 Å². The summed E-state index contributed by atoms with van der Waals surface area (Å²) in [5.74, 6) is -5.32. The SMILES string of the molecule is O=C(O)C(Oc1ccc(F)cc1)(C(F)(F)F)C(F)(F)F. The number of hydrogen-bond acceptors (Lipinski definition) is 2. The molecule has 20 heavy (non-hydrogen) atoms. The van der Waals surface area contributed by atoms with Crippen LogP contribution in [0.25, 0.3) is 0 Å². The summed E-state index contributed by atoms with van der Waals surface area (Å²) in [6, 6.07) is 1.94. The second-order valence-corrected chi connectivity index (χ2v) is 3.54. The highest BCUT2D eigenvalue weighted by atomic mass is 19.4. The predicted octanol–water partition coefficient (Wildman–Crippen LogP) is 3.15. The zero-order valence-corrected chi connectivity index (χ0v) is 9.22. The number of rotatable bonds is 3. The Kier molecular flexibility index (Phi) is 3.88. The summed E-state index contributed by atoms with van der Waals surface area (Å²) in [5.41, 5.74) is -5.43. The number of carboxylic acid groups (broad SMARTS) is 1. The number of halogens is 7. The molecule has 112 valence electrons. The molecule has 0 aromatic heterocycles. The third kappa shape index (κ3) is 2.63. The van der Waals surface area contributed by atoms with E-state index in [0.717, 1.165) is 0 Å². The van der Waals surface area contributed by atoms with E-state index in [1.807, 2.05) is 0 Å². The molecule has 0 saturated heterocycles. The number of benzene rings is 1. The van der Waals surface area contributed by atoms with E-state index < -0.39 is 35.5 Å². The van der Waals surface area contributed by atoms with Gasteiger partial charge in [0.05, 0.1) is 0 Å². The lowest BCUT2D eigenvalue weighted by molar-refractivity contribution is -0.345. The van der Waals surface area contributed by atoms with E-state index in [1.165, 1.54) is 0 Å². The molecule has 10 heteroatoms. The molecule has 0 aliphatic carbocycles. The van der Waals surface area contributed by atoms with Gasteiger partial charge in [-0.25, -0.2) is 9.18 Å². The van der Waals surface area contributed by atoms with Crippen molar-refractivity contribution >= 4 is 5.97 Å². The molecule has 3 nitrogen and oxygen atoms in total. The Labute approximate surface area is 106 Å². The van der Waals surface area contributed by atoms with Gasteiger partial charge in [0.1, 0.15) is 11.6 Å². The van der Waals surface area contributed by atoms with Crippen LogP contribution < -0.4 is 4.74 Å². The van der Waals surface area contributed by atoms with Crippen LogP contribution in [-0.2, 0) is 4.79 Å². The van der Waals surface area contributed by atoms with E-state index >= 15 is 0 Å². The lowest BCUT2D eigenvalue weighted by atomic mass is 10.0. The van der Waals surface area contributed by atoms with Crippen molar-refractivity contribution in [1.82, 2.24) is 0 Å². The Balaban J connectivity index is 3.38. The van der Waals surface area contributed by atoms with Crippen molar-refractivity contribution in [2.45, 2.75) is 18.0 Å². The molecule has 0 spiro atoms. The van der Waals surface area contributed by atoms with E-state index in [1.54, 1.807) is 0 Å². The van der Waals surface area contributed by atoms with Gasteiger partial charge in [-0.05, 0) is 24.3 Å². The van der Waals surface area contributed by atoms with Crippen LogP contribution in [0.2, 0.25) is 0 Å². The fraction of sp³-hybridized carbons (Fsp3) is 0.300. The lowest BCUT2D eigenvalue weighted by Gasteiger charge is -2.33. The van der Waals surface area contributed by atoms with Crippen molar-refractivity contribution in [3.05, 3.63) is 30.1 Å². The molecule has 1 N–H and O–H groups in total. The molecule has 0 fully saturated rings. The highest BCUT2D eigenvalue weighted by Crippen LogP contribution is 2.46. The Morgan fingerprint density at radius 2 is 1.35 bits per heavy atom. The second-order valence-electron chi connectivity index (χ2n) is 3.54. The first-order chi connectivity index (χ1) is 8.92. The smallest absolute Gasteiger partial charge is 0.449 e. The van der Waals surface area contributed by atoms with Gasteiger partial charge in [-0.1, -0.05) is 0 Å². The van der Waals surface area contributed by atoms with Crippen LogP contribution in [0.4, 0.5) is 30.7 Å². The first-order valence-electron chi connectivity index (χ1n) is 4.73. The third-order valence-electron chi connectivity index (χ3n) is 2.18. The Morgan fingerprint density at radius 3 is 1.65 bits per heavy atom. The van der Waals surface area contributed by atoms with Crippen LogP contribution in [0.15, 0.2) is 24.3 Å². The number of hydrogen-bond donors (Lipinski definition) is 1. The van der Waals surface area contributed by atoms with Crippen molar-refractivity contribution < 1.29 is 45.4 Å². The maximum atomic E-state index is 12.6. The van der Waals surface area contributed by atoms with Crippen LogP contribution in [0.5, 0.6) is 5.75 Å². The van der Waals surface area contributed by atoms with Gasteiger partial charge in [-0.2, -0.15) is 26.3 Å². The number of carbonyl (C=O) groups is 1. The Hall–Kier alpha value is -2.00. The van der Waals surface area contributed by atoms with Gasteiger partial charge in [-0.15, -0.1) is 0 Å². The minimum Gasteiger partial charge on any atom is -0.478 e. The van der Waals surface area contributed by atoms with Crippen LogP contribution in [0.3, 0.4) is 0 Å². The number of alkyl halides is 6. The summed E-state index contributed by atoms with van der Waals surface area (Å²) in [4.78, 5) is 10.5. The maximum absolute atomic E-state index is 12.6. The zero-order valence-electron chi connectivity index (χ0n) is 9.22. The van der Waals surface area contributed by atoms with Crippen LogP contribution in [0, 0.1) is 5.82 Å². The fourth-order valence-electron chi connectivity index (χ4n) is 1.24. The average Bonchev–Trinajstić information content (AvgIpc) is 2.24. The summed E-state index contributed by atoms with van der Waals surface area (Å²) in [5, 5.41) is 8.37. The van der Waals surface area contributed by atoms with E-state index in [9.17, 15) is 35.5 Å². The van der Waals surface area contributed by atoms with Crippen molar-refractivity contribution in [1.29, 1.82) is 0 Å². The van der Waals surface area contributed by atoms with Gasteiger partial charge in [0.2, 0.25) is 0 Å². The van der Waals surface area contributed by atoms with Crippen LogP contribution in [0.1, 0.15) is 0 Å². The molecule has 0 heterocycles. The molecule has 1 aromatic carbocycles. The fourth-order valence-corrected chi connectivity index (χ4v) is 1.24. The molecule has 0 unspecified atom stereocenters. The molecule has 0 amide bonds. The molecule has 0 aliphatic rings. The molecule has 0 aliphatic heterocycles. The summed E-state index contributed by atoms with van der Waals surface area (Å²) in [6.45, 7) is 0. The number of aliphatic carboxylic acids is 1. The van der Waals surface area contributed by atoms with E-state index in [-0.39, 0.29) is 0 Å². The summed E-state index contributed by atoms with van der Waals surface area (Å²) in [6.07, 6.45) is -12.5. The molecule has 1 rings (SSSR count). The molecule has 1 aromatic rings. The topological polar surface area (TPSA) is 46.5 Å². The molecule has 0 atom stereocenters. The minimum absolute atomic E-state index is 0.449. The predicted molar refractivity (Wildman–Crippen MR) is 49.5 cm³/mol. The number of ether oxygens (including phenoxy) is 1. The quantitative estimate of drug-likeness (QED) is 0.873. The second kappa shape index (κ2) is 4.84. The monoisotopic (exact) mass is 306 g/mol. The largest absolute Gasteiger partial charge is 0.478 e. The molecule has 0 bridgehead atoms. The van der Waals surface area contributed by atoms with Gasteiger partial charge < -0.3 is 9.84 Å². The average molecular weight is 306 g/mol. The first kappa shape index (κ1) is 16.1. The van der Waals surface area contributed by atoms with Gasteiger partial charge in [0, 0.05) is 0 Å². The standard InChI is InChI=1S/C10H5F7O3/c11-5-1-3-6(4-2-5)20-8(7(18)19,9(12,13)14)10(15,16)17/h1-4H,(H,18,19). The van der Waals surface area contributed by atoms with E-state index in [2.05, 4.69) is 4.74 Å². The lowest BCUT2D eigenvalue weighted by Crippen LogP contribution is -2.66. The highest BCUT2D eigenvalue weighted by molar-refractivity contribution is 5.80. The van der Waals surface area contributed by atoms with E-state index in [0.29, 0.717) is 24.3 Å². The molecular formula is C10H5F7O3. The molecule has 0 saturated carbocycles. The summed E-state index contributed by atoms with van der Waals surface area (Å²) < 4.78 is 91.7. The highest BCUT2D eigenvalue weighted by Gasteiger charge is 2.79. The first-order valence-corrected chi connectivity index (χ1v) is 4.73. The zero-order chi connectivity index (χ0) is 15.8. The number of carboxylic acids is 1. The molecule has 0 radical (unpaired) electrons. The minimum atomic E-state index is -6.27. The maximum Gasteiger partial charge on any atom is 0.449 e. The Bertz CT molecular complexity index is 475. The van der Waals surface area contributed by atoms with Crippen LogP contribution >= 0.6 is 0 Å². The van der Waals surface area contributed by atoms with Gasteiger partial charge in [0.15, 0.2) is 0 Å². The summed E-state index contributed by atoms with van der Waals surface area (Å²) in [7, 11) is 0. The molecular weight excluding hydrogens is 301 g/mol. The third-order valence-corrected chi connectivity index (χ3v) is 2.18. The van der Waals surface area contributed by atoms with Crippen molar-refractivity contribution in [3.63, 3.8) is 0 Å². The normalized spacial score (nSPS) is 13.2. The Morgan fingerprint density at radius 1 is 0.950 bits per heavy atom. The van der Waals surface area contributed by atoms with Crippen LogP contribution in [-0.4, -0.2) is 29.0 Å². The van der Waals surface area contributed by atoms with Crippen molar-refractivity contribution in [3.8, 4) is 5.75 Å².